The first-order chi connectivity index (χ1) is 11.2. The number of nitrogens with two attached hydrogens (primary N) is 1. The molecule has 1 aliphatic heterocycles. The van der Waals surface area contributed by atoms with E-state index in [4.69, 9.17) is 20.4 Å². The van der Waals surface area contributed by atoms with Crippen LogP contribution in [0.1, 0.15) is 0 Å². The average Bonchev–Trinajstić information content (AvgIpc) is 2.97. The van der Waals surface area contributed by atoms with E-state index < -0.39 is 0 Å². The number of H-pyrrole nitrogens is 1. The minimum atomic E-state index is 0.493. The predicted molar refractivity (Wildman–Crippen MR) is 85.7 cm³/mol. The average molecular weight is 312 g/mol. The van der Waals surface area contributed by atoms with Gasteiger partial charge in [-0.25, -0.2) is 10.1 Å². The number of ether oxygens (including phenoxy) is 1. The third-order valence-corrected chi connectivity index (χ3v) is 3.99. The summed E-state index contributed by atoms with van der Waals surface area (Å²) in [5, 5.41) is 4.11. The van der Waals surface area contributed by atoms with Crippen molar-refractivity contribution in [3.63, 3.8) is 0 Å². The highest BCUT2D eigenvalue weighted by atomic mass is 16.5. The Balaban J connectivity index is 1.89. The fraction of sp³-hybridized carbons (Fsp3) is 0.333. The highest BCUT2D eigenvalue weighted by Gasteiger charge is 2.24. The molecule has 1 fully saturated rings. The molecule has 23 heavy (non-hydrogen) atoms. The summed E-state index contributed by atoms with van der Waals surface area (Å²) < 4.78 is 7.30. The lowest BCUT2D eigenvalue weighted by Crippen LogP contribution is -2.38. The van der Waals surface area contributed by atoms with Gasteiger partial charge in [0.2, 0.25) is 0 Å². The Labute approximate surface area is 132 Å². The number of nitrogen functional groups attached to an aromatic ring is 1. The maximum atomic E-state index is 5.69. The maximum Gasteiger partial charge on any atom is 0.356 e. The van der Waals surface area contributed by atoms with Crippen LogP contribution in [0.25, 0.3) is 22.3 Å². The molecule has 1 saturated heterocycles. The van der Waals surface area contributed by atoms with Gasteiger partial charge in [0.25, 0.3) is 0 Å². The lowest BCUT2D eigenvalue weighted by Gasteiger charge is -2.24. The summed E-state index contributed by atoms with van der Waals surface area (Å²) >= 11 is 0. The third-order valence-electron chi connectivity index (χ3n) is 3.99. The number of aromatic amines is 1. The van der Waals surface area contributed by atoms with Crippen molar-refractivity contribution < 1.29 is 9.42 Å². The van der Waals surface area contributed by atoms with Gasteiger partial charge in [0.1, 0.15) is 18.3 Å². The van der Waals surface area contributed by atoms with Gasteiger partial charge in [-0.3, -0.25) is 0 Å². The second-order valence-corrected chi connectivity index (χ2v) is 5.51. The number of aromatic nitrogens is 5. The molecule has 0 aliphatic carbocycles. The molecule has 0 aromatic carbocycles. The highest BCUT2D eigenvalue weighted by Crippen LogP contribution is 2.26. The second kappa shape index (κ2) is 5.47. The van der Waals surface area contributed by atoms with Crippen LogP contribution >= 0.6 is 0 Å². The predicted octanol–water partition coefficient (Wildman–Crippen LogP) is 0.263. The van der Waals surface area contributed by atoms with E-state index in [2.05, 4.69) is 15.0 Å². The summed E-state index contributed by atoms with van der Waals surface area (Å²) in [7, 11) is 1.93. The van der Waals surface area contributed by atoms with Crippen LogP contribution in [0.15, 0.2) is 24.5 Å². The molecule has 3 aromatic heterocycles. The second-order valence-electron chi connectivity index (χ2n) is 5.51. The van der Waals surface area contributed by atoms with Crippen LogP contribution in [0.4, 0.5) is 11.8 Å². The summed E-state index contributed by atoms with van der Waals surface area (Å²) in [6.45, 7) is 2.97. The lowest BCUT2D eigenvalue weighted by molar-refractivity contribution is -0.704. The molecule has 0 radical (unpaired) electrons. The Kier molecular flexibility index (Phi) is 3.30. The summed E-state index contributed by atoms with van der Waals surface area (Å²) in [4.78, 5) is 15.8. The Morgan fingerprint density at radius 2 is 2.09 bits per heavy atom. The molecule has 4 heterocycles. The fourth-order valence-corrected chi connectivity index (χ4v) is 2.73. The molecule has 118 valence electrons. The number of fused-ring (bicyclic) bond motifs is 1. The molecule has 0 spiro atoms. The van der Waals surface area contributed by atoms with Gasteiger partial charge in [-0.2, -0.15) is 9.67 Å². The number of hydrogen-bond acceptors (Lipinski definition) is 6. The van der Waals surface area contributed by atoms with E-state index in [1.54, 1.807) is 12.3 Å². The lowest BCUT2D eigenvalue weighted by atomic mass is 10.1. The standard InChI is InChI=1S/C15H17N7O/c1-21-14-11(9-18-21)13(10-2-3-12(16)17-8-10)19-15(20-14)22-4-6-23-7-5-22/h2-3,8-9H,4-7H2,1H3,(H2,16,17,18,19,20)/p+1. The van der Waals surface area contributed by atoms with Gasteiger partial charge in [-0.05, 0) is 12.1 Å². The Bertz CT molecular complexity index is 837. The zero-order chi connectivity index (χ0) is 15.8. The third kappa shape index (κ3) is 2.46. The smallest absolute Gasteiger partial charge is 0.356 e. The van der Waals surface area contributed by atoms with Gasteiger partial charge in [0.05, 0.1) is 25.1 Å². The van der Waals surface area contributed by atoms with Crippen molar-refractivity contribution in [1.29, 1.82) is 0 Å². The molecular weight excluding hydrogens is 294 g/mol. The van der Waals surface area contributed by atoms with E-state index in [1.807, 2.05) is 24.0 Å². The van der Waals surface area contributed by atoms with Crippen molar-refractivity contribution in [2.45, 2.75) is 0 Å². The Hall–Kier alpha value is -2.74. The van der Waals surface area contributed by atoms with Crippen LogP contribution in [0.3, 0.4) is 0 Å². The zero-order valence-electron chi connectivity index (χ0n) is 12.9. The summed E-state index contributed by atoms with van der Waals surface area (Å²) in [5.41, 5.74) is 8.31. The van der Waals surface area contributed by atoms with E-state index >= 15 is 0 Å². The van der Waals surface area contributed by atoms with Crippen molar-refractivity contribution in [1.82, 2.24) is 20.1 Å². The minimum absolute atomic E-state index is 0.493. The molecule has 0 bridgehead atoms. The molecule has 1 aliphatic rings. The van der Waals surface area contributed by atoms with Crippen LogP contribution in [-0.4, -0.2) is 46.4 Å². The first-order valence-corrected chi connectivity index (χ1v) is 7.52. The first kappa shape index (κ1) is 13.9. The maximum absolute atomic E-state index is 5.69. The minimum Gasteiger partial charge on any atom is -0.384 e. The fourth-order valence-electron chi connectivity index (χ4n) is 2.73. The Morgan fingerprint density at radius 1 is 1.26 bits per heavy atom. The number of hydrogen-bond donors (Lipinski definition) is 2. The number of pyridine rings is 1. The number of rotatable bonds is 2. The van der Waals surface area contributed by atoms with Crippen LogP contribution < -0.4 is 15.3 Å². The van der Waals surface area contributed by atoms with Crippen molar-refractivity contribution in [3.05, 3.63) is 24.5 Å². The molecule has 0 atom stereocenters. The number of nitrogens with one attached hydrogen (secondary N) is 1. The van der Waals surface area contributed by atoms with E-state index in [-0.39, 0.29) is 0 Å². The van der Waals surface area contributed by atoms with Gasteiger partial charge in [-0.1, -0.05) is 0 Å². The quantitative estimate of drug-likeness (QED) is 0.659. The summed E-state index contributed by atoms with van der Waals surface area (Å²) in [6.07, 6.45) is 3.65. The van der Waals surface area contributed by atoms with Gasteiger partial charge in [0.15, 0.2) is 0 Å². The van der Waals surface area contributed by atoms with Gasteiger partial charge in [-0.15, -0.1) is 0 Å². The van der Waals surface area contributed by atoms with Crippen molar-refractivity contribution in [3.8, 4) is 11.3 Å². The normalized spacial score (nSPS) is 15.3. The largest absolute Gasteiger partial charge is 0.384 e. The van der Waals surface area contributed by atoms with Gasteiger partial charge in [0, 0.05) is 29.8 Å². The van der Waals surface area contributed by atoms with Crippen molar-refractivity contribution in [2.75, 3.05) is 36.9 Å². The molecule has 3 aromatic rings. The van der Waals surface area contributed by atoms with Crippen LogP contribution in [-0.2, 0) is 11.8 Å². The molecule has 0 unspecified atom stereocenters. The van der Waals surface area contributed by atoms with Crippen molar-refractivity contribution >= 4 is 22.8 Å². The molecule has 8 nitrogen and oxygen atoms in total. The highest BCUT2D eigenvalue weighted by molar-refractivity contribution is 5.89. The molecule has 3 N–H and O–H groups in total. The molecular formula is C15H18N7O+. The van der Waals surface area contributed by atoms with Crippen LogP contribution in [0, 0.1) is 0 Å². The number of anilines is 2. The van der Waals surface area contributed by atoms with Crippen molar-refractivity contribution in [2.24, 2.45) is 7.05 Å². The number of morpholine rings is 1. The van der Waals surface area contributed by atoms with E-state index in [0.29, 0.717) is 25.0 Å². The van der Waals surface area contributed by atoms with Gasteiger partial charge < -0.3 is 15.4 Å². The SMILES string of the molecule is C[n+]1[nH]cc2c(-c3ccc(N)nc3)nc(N3CCOCC3)nc21. The topological polar surface area (TPSA) is 96.8 Å². The van der Waals surface area contributed by atoms with Crippen LogP contribution in [0.5, 0.6) is 0 Å². The summed E-state index contributed by atoms with van der Waals surface area (Å²) in [6, 6.07) is 3.71. The van der Waals surface area contributed by atoms with Crippen LogP contribution in [0.2, 0.25) is 0 Å². The number of nitrogens with zero attached hydrogens (tertiary/aromatic N) is 5. The van der Waals surface area contributed by atoms with E-state index in [1.165, 1.54) is 0 Å². The first-order valence-electron chi connectivity index (χ1n) is 7.52. The molecule has 0 amide bonds. The molecule has 0 saturated carbocycles. The number of aryl methyl sites for hydroxylation is 1. The molecule has 8 heteroatoms. The van der Waals surface area contributed by atoms with Gasteiger partial charge >= 0.3 is 11.6 Å². The van der Waals surface area contributed by atoms with E-state index in [0.717, 1.165) is 35.4 Å². The monoisotopic (exact) mass is 312 g/mol. The Morgan fingerprint density at radius 3 is 2.83 bits per heavy atom. The summed E-state index contributed by atoms with van der Waals surface area (Å²) in [5.74, 6) is 1.20. The van der Waals surface area contributed by atoms with E-state index in [9.17, 15) is 0 Å². The zero-order valence-corrected chi connectivity index (χ0v) is 12.9. The molecule has 4 rings (SSSR count).